The van der Waals surface area contributed by atoms with Gasteiger partial charge in [-0.2, -0.15) is 0 Å². The Labute approximate surface area is 151 Å². The Bertz CT molecular complexity index is 831. The van der Waals surface area contributed by atoms with Crippen molar-refractivity contribution in [1.82, 2.24) is 14.5 Å². The van der Waals surface area contributed by atoms with Crippen LogP contribution in [0.15, 0.2) is 67.1 Å². The van der Waals surface area contributed by atoms with E-state index in [-0.39, 0.29) is 5.91 Å². The molecule has 1 amide bonds. The molecule has 3 rings (SSSR count). The maximum absolute atomic E-state index is 12.7. The lowest BCUT2D eigenvalue weighted by molar-refractivity contribution is 0.0766. The average Bonchev–Trinajstić information content (AvgIpc) is 3.13. The molecule has 0 aliphatic carbocycles. The van der Waals surface area contributed by atoms with Gasteiger partial charge in [0.25, 0.3) is 5.91 Å². The van der Waals surface area contributed by atoms with E-state index in [1.54, 1.807) is 53.3 Å². The Morgan fingerprint density at radius 2 is 1.88 bits per heavy atom. The van der Waals surface area contributed by atoms with Crippen molar-refractivity contribution in [2.75, 3.05) is 20.2 Å². The van der Waals surface area contributed by atoms with Crippen molar-refractivity contribution in [2.45, 2.75) is 0 Å². The summed E-state index contributed by atoms with van der Waals surface area (Å²) in [4.78, 5) is 18.4. The Morgan fingerprint density at radius 1 is 1.16 bits per heavy atom. The number of carbonyl (C=O) groups is 1. The first-order chi connectivity index (χ1) is 12.1. The van der Waals surface area contributed by atoms with Crippen LogP contribution < -0.4 is 4.74 Å². The van der Waals surface area contributed by atoms with E-state index in [9.17, 15) is 4.79 Å². The smallest absolute Gasteiger partial charge is 0.272 e. The summed E-state index contributed by atoms with van der Waals surface area (Å²) in [6.07, 6.45) is 3.21. The summed E-state index contributed by atoms with van der Waals surface area (Å²) in [6.45, 7) is 0.852. The van der Waals surface area contributed by atoms with Crippen molar-refractivity contribution in [3.63, 3.8) is 0 Å². The van der Waals surface area contributed by atoms with Gasteiger partial charge in [-0.3, -0.25) is 9.36 Å². The van der Waals surface area contributed by atoms with Crippen LogP contribution in [0.4, 0.5) is 0 Å². The number of likely N-dealkylation sites (N-methyl/N-ethyl adjacent to an activating group) is 1. The summed E-state index contributed by atoms with van der Waals surface area (Å²) in [6, 6.07) is 16.8. The molecule has 0 aliphatic heterocycles. The van der Waals surface area contributed by atoms with Gasteiger partial charge < -0.3 is 9.64 Å². The molecule has 1 heterocycles. The van der Waals surface area contributed by atoms with Gasteiger partial charge in [0.15, 0.2) is 0 Å². The molecule has 6 heteroatoms. The number of rotatable bonds is 6. The fraction of sp³-hybridized carbons (Fsp3) is 0.158. The van der Waals surface area contributed by atoms with Crippen molar-refractivity contribution in [3.8, 4) is 11.4 Å². The Kier molecular flexibility index (Phi) is 5.36. The minimum Gasteiger partial charge on any atom is -0.492 e. The van der Waals surface area contributed by atoms with Gasteiger partial charge in [-0.1, -0.05) is 29.8 Å². The zero-order valence-corrected chi connectivity index (χ0v) is 14.6. The number of halogens is 1. The molecule has 0 radical (unpaired) electrons. The monoisotopic (exact) mass is 355 g/mol. The minimum absolute atomic E-state index is 0.110. The number of nitrogens with zero attached hydrogens (tertiary/aromatic N) is 3. The number of amides is 1. The summed E-state index contributed by atoms with van der Waals surface area (Å²) in [5.74, 6) is 0.612. The SMILES string of the molecule is CN(CCOc1ccc(Cl)cc1)C(=O)c1cncn1-c1ccccc1. The van der Waals surface area contributed by atoms with Crippen LogP contribution in [0.5, 0.6) is 5.75 Å². The number of imidazole rings is 1. The zero-order valence-electron chi connectivity index (χ0n) is 13.8. The van der Waals surface area contributed by atoms with Gasteiger partial charge in [-0.25, -0.2) is 4.98 Å². The van der Waals surface area contributed by atoms with Gasteiger partial charge in [0, 0.05) is 17.8 Å². The second kappa shape index (κ2) is 7.85. The largest absolute Gasteiger partial charge is 0.492 e. The van der Waals surface area contributed by atoms with Crippen LogP contribution in [-0.4, -0.2) is 40.6 Å². The van der Waals surface area contributed by atoms with Gasteiger partial charge in [0.1, 0.15) is 18.1 Å². The molecule has 5 nitrogen and oxygen atoms in total. The van der Waals surface area contributed by atoms with E-state index in [2.05, 4.69) is 4.98 Å². The number of benzene rings is 2. The van der Waals surface area contributed by atoms with E-state index < -0.39 is 0 Å². The first-order valence-electron chi connectivity index (χ1n) is 7.87. The number of ether oxygens (including phenoxy) is 1. The molecule has 0 atom stereocenters. The summed E-state index contributed by atoms with van der Waals surface area (Å²) in [7, 11) is 1.75. The quantitative estimate of drug-likeness (QED) is 0.677. The molecular formula is C19H18ClN3O2. The fourth-order valence-electron chi connectivity index (χ4n) is 2.38. The summed E-state index contributed by atoms with van der Waals surface area (Å²) in [5, 5.41) is 0.661. The second-order valence-corrected chi connectivity index (χ2v) is 5.95. The molecule has 0 saturated carbocycles. The lowest BCUT2D eigenvalue weighted by Crippen LogP contribution is -2.32. The first-order valence-corrected chi connectivity index (χ1v) is 8.24. The van der Waals surface area contributed by atoms with E-state index in [1.807, 2.05) is 30.3 Å². The normalized spacial score (nSPS) is 10.5. The Hall–Kier alpha value is -2.79. The molecule has 2 aromatic carbocycles. The molecule has 0 spiro atoms. The molecule has 0 fully saturated rings. The lowest BCUT2D eigenvalue weighted by Gasteiger charge is -2.18. The minimum atomic E-state index is -0.110. The highest BCUT2D eigenvalue weighted by molar-refractivity contribution is 6.30. The standard InChI is InChI=1S/C19H18ClN3O2/c1-22(11-12-25-17-9-7-15(20)8-10-17)19(24)18-13-21-14-23(18)16-5-3-2-4-6-16/h2-10,13-14H,11-12H2,1H3. The first kappa shape index (κ1) is 17.0. The molecule has 0 unspecified atom stereocenters. The number of aromatic nitrogens is 2. The maximum Gasteiger partial charge on any atom is 0.272 e. The van der Waals surface area contributed by atoms with Crippen LogP contribution in [-0.2, 0) is 0 Å². The van der Waals surface area contributed by atoms with Crippen molar-refractivity contribution in [1.29, 1.82) is 0 Å². The zero-order chi connectivity index (χ0) is 17.6. The Morgan fingerprint density at radius 3 is 2.60 bits per heavy atom. The number of hydrogen-bond donors (Lipinski definition) is 0. The highest BCUT2D eigenvalue weighted by Gasteiger charge is 2.17. The third kappa shape index (κ3) is 4.19. The van der Waals surface area contributed by atoms with Crippen LogP contribution in [0.2, 0.25) is 5.02 Å². The van der Waals surface area contributed by atoms with Crippen molar-refractivity contribution in [3.05, 3.63) is 77.8 Å². The van der Waals surface area contributed by atoms with Gasteiger partial charge >= 0.3 is 0 Å². The summed E-state index contributed by atoms with van der Waals surface area (Å²) >= 11 is 5.84. The fourth-order valence-corrected chi connectivity index (χ4v) is 2.50. The third-order valence-corrected chi connectivity index (χ3v) is 4.00. The van der Waals surface area contributed by atoms with Gasteiger partial charge in [-0.05, 0) is 36.4 Å². The van der Waals surface area contributed by atoms with E-state index >= 15 is 0 Å². The van der Waals surface area contributed by atoms with Crippen molar-refractivity contribution in [2.24, 2.45) is 0 Å². The van der Waals surface area contributed by atoms with E-state index in [4.69, 9.17) is 16.3 Å². The highest BCUT2D eigenvalue weighted by atomic mass is 35.5. The van der Waals surface area contributed by atoms with E-state index in [1.165, 1.54) is 0 Å². The predicted octanol–water partition coefficient (Wildman–Crippen LogP) is 3.68. The molecule has 0 N–H and O–H groups in total. The molecule has 1 aromatic heterocycles. The maximum atomic E-state index is 12.7. The van der Waals surface area contributed by atoms with E-state index in [0.717, 1.165) is 11.4 Å². The molecule has 0 saturated heterocycles. The van der Waals surface area contributed by atoms with Crippen LogP contribution in [0.3, 0.4) is 0 Å². The molecule has 3 aromatic rings. The van der Waals surface area contributed by atoms with Crippen LogP contribution in [0.25, 0.3) is 5.69 Å². The highest BCUT2D eigenvalue weighted by Crippen LogP contribution is 2.16. The van der Waals surface area contributed by atoms with Gasteiger partial charge in [0.2, 0.25) is 0 Å². The van der Waals surface area contributed by atoms with Gasteiger partial charge in [0.05, 0.1) is 19.1 Å². The molecule has 0 aliphatic rings. The molecular weight excluding hydrogens is 338 g/mol. The van der Waals surface area contributed by atoms with Gasteiger partial charge in [-0.15, -0.1) is 0 Å². The second-order valence-electron chi connectivity index (χ2n) is 5.51. The lowest BCUT2D eigenvalue weighted by atomic mass is 10.3. The third-order valence-electron chi connectivity index (χ3n) is 3.75. The number of carbonyl (C=O) groups excluding carboxylic acids is 1. The summed E-state index contributed by atoms with van der Waals surface area (Å²) < 4.78 is 7.42. The van der Waals surface area contributed by atoms with Crippen molar-refractivity contribution >= 4 is 17.5 Å². The molecule has 0 bridgehead atoms. The van der Waals surface area contributed by atoms with Crippen LogP contribution >= 0.6 is 11.6 Å². The van der Waals surface area contributed by atoms with E-state index in [0.29, 0.717) is 23.9 Å². The van der Waals surface area contributed by atoms with Crippen LogP contribution in [0, 0.1) is 0 Å². The topological polar surface area (TPSA) is 47.4 Å². The summed E-state index contributed by atoms with van der Waals surface area (Å²) in [5.41, 5.74) is 1.41. The average molecular weight is 356 g/mol. The van der Waals surface area contributed by atoms with Crippen LogP contribution in [0.1, 0.15) is 10.5 Å². The Balaban J connectivity index is 1.61. The molecule has 25 heavy (non-hydrogen) atoms. The van der Waals surface area contributed by atoms with Crippen molar-refractivity contribution < 1.29 is 9.53 Å². The number of hydrogen-bond acceptors (Lipinski definition) is 3. The number of para-hydroxylation sites is 1. The predicted molar refractivity (Wildman–Crippen MR) is 97.5 cm³/mol. The molecule has 128 valence electrons.